The van der Waals surface area contributed by atoms with E-state index >= 15 is 0 Å². The Labute approximate surface area is 104 Å². The Bertz CT molecular complexity index is 566. The first-order valence-corrected chi connectivity index (χ1v) is 5.36. The van der Waals surface area contributed by atoms with Crippen molar-refractivity contribution in [2.45, 2.75) is 0 Å². The number of benzene rings is 1. The van der Waals surface area contributed by atoms with Gasteiger partial charge in [0.05, 0.1) is 0 Å². The van der Waals surface area contributed by atoms with E-state index in [0.717, 1.165) is 5.56 Å². The maximum absolute atomic E-state index is 11.6. The quantitative estimate of drug-likeness (QED) is 0.632. The highest BCUT2D eigenvalue weighted by molar-refractivity contribution is 6.01. The van der Waals surface area contributed by atoms with Crippen LogP contribution in [0.5, 0.6) is 0 Å². The number of nitrogens with zero attached hydrogens (tertiary/aromatic N) is 2. The third-order valence-electron chi connectivity index (χ3n) is 2.16. The fraction of sp³-hybridized carbons (Fsp3) is 0. The van der Waals surface area contributed by atoms with Gasteiger partial charge in [-0.25, -0.2) is 0 Å². The summed E-state index contributed by atoms with van der Waals surface area (Å²) in [7, 11) is 0. The van der Waals surface area contributed by atoms with Crippen molar-refractivity contribution in [1.82, 2.24) is 10.2 Å². The van der Waals surface area contributed by atoms with E-state index in [9.17, 15) is 4.79 Å². The number of hydrogen-bond acceptors (Lipinski definition) is 4. The first-order valence-electron chi connectivity index (χ1n) is 5.36. The summed E-state index contributed by atoms with van der Waals surface area (Å²) >= 11 is 0. The van der Waals surface area contributed by atoms with Gasteiger partial charge < -0.3 is 11.1 Å². The summed E-state index contributed by atoms with van der Waals surface area (Å²) in [6, 6.07) is 10.6. The molecule has 5 heteroatoms. The van der Waals surface area contributed by atoms with E-state index in [0.29, 0.717) is 11.5 Å². The van der Waals surface area contributed by atoms with Crippen molar-refractivity contribution in [2.24, 2.45) is 0 Å². The van der Waals surface area contributed by atoms with Gasteiger partial charge in [0, 0.05) is 18.0 Å². The Kier molecular flexibility index (Phi) is 3.66. The van der Waals surface area contributed by atoms with Crippen LogP contribution in [0.1, 0.15) is 5.56 Å². The van der Waals surface area contributed by atoms with Crippen LogP contribution in [0.4, 0.5) is 11.5 Å². The van der Waals surface area contributed by atoms with Gasteiger partial charge in [-0.05, 0) is 35.9 Å². The van der Waals surface area contributed by atoms with Crippen molar-refractivity contribution in [3.63, 3.8) is 0 Å². The lowest BCUT2D eigenvalue weighted by Crippen LogP contribution is -2.09. The van der Waals surface area contributed by atoms with Gasteiger partial charge in [0.25, 0.3) is 0 Å². The number of carbonyl (C=O) groups is 1. The number of aromatic nitrogens is 2. The molecule has 0 unspecified atom stereocenters. The van der Waals surface area contributed by atoms with Crippen LogP contribution in [-0.4, -0.2) is 16.1 Å². The lowest BCUT2D eigenvalue weighted by molar-refractivity contribution is -0.111. The normalized spacial score (nSPS) is 10.4. The molecule has 18 heavy (non-hydrogen) atoms. The standard InChI is InChI=1S/C13H12N4O/c14-11-4-1-3-10(9-11)6-7-13(18)16-12-5-2-8-15-17-12/h1-9H,14H2,(H,16,17,18)/b7-6+. The van der Waals surface area contributed by atoms with Gasteiger partial charge in [-0.2, -0.15) is 5.10 Å². The number of nitrogens with two attached hydrogens (primary N) is 1. The molecule has 0 aliphatic rings. The average molecular weight is 240 g/mol. The number of nitrogens with one attached hydrogen (secondary N) is 1. The maximum atomic E-state index is 11.6. The van der Waals surface area contributed by atoms with E-state index in [1.807, 2.05) is 12.1 Å². The number of anilines is 2. The van der Waals surface area contributed by atoms with E-state index in [1.165, 1.54) is 12.3 Å². The lowest BCUT2D eigenvalue weighted by atomic mass is 10.2. The smallest absolute Gasteiger partial charge is 0.249 e. The van der Waals surface area contributed by atoms with E-state index in [1.54, 1.807) is 30.3 Å². The Morgan fingerprint density at radius 3 is 2.89 bits per heavy atom. The molecular weight excluding hydrogens is 228 g/mol. The van der Waals surface area contributed by atoms with Crippen LogP contribution >= 0.6 is 0 Å². The largest absolute Gasteiger partial charge is 0.399 e. The molecule has 1 amide bonds. The molecule has 0 radical (unpaired) electrons. The number of hydrogen-bond donors (Lipinski definition) is 2. The fourth-order valence-electron chi connectivity index (χ4n) is 1.37. The molecular formula is C13H12N4O. The minimum atomic E-state index is -0.266. The van der Waals surface area contributed by atoms with Crippen molar-refractivity contribution in [1.29, 1.82) is 0 Å². The summed E-state index contributed by atoms with van der Waals surface area (Å²) in [4.78, 5) is 11.6. The first kappa shape index (κ1) is 11.8. The summed E-state index contributed by atoms with van der Waals surface area (Å²) in [6.45, 7) is 0. The molecule has 0 spiro atoms. The first-order chi connectivity index (χ1) is 8.74. The van der Waals surface area contributed by atoms with Crippen LogP contribution in [-0.2, 0) is 4.79 Å². The summed E-state index contributed by atoms with van der Waals surface area (Å²) in [6.07, 6.45) is 4.64. The predicted molar refractivity (Wildman–Crippen MR) is 70.6 cm³/mol. The van der Waals surface area contributed by atoms with Gasteiger partial charge in [0.15, 0.2) is 5.82 Å². The molecule has 0 saturated heterocycles. The number of nitrogen functional groups attached to an aromatic ring is 1. The van der Waals surface area contributed by atoms with Crippen molar-refractivity contribution >= 4 is 23.5 Å². The van der Waals surface area contributed by atoms with E-state index in [-0.39, 0.29) is 5.91 Å². The van der Waals surface area contributed by atoms with Crippen molar-refractivity contribution < 1.29 is 4.79 Å². The SMILES string of the molecule is Nc1cccc(/C=C/C(=O)Nc2cccnn2)c1. The molecule has 2 aromatic rings. The van der Waals surface area contributed by atoms with Crippen molar-refractivity contribution in [3.8, 4) is 0 Å². The van der Waals surface area contributed by atoms with E-state index in [4.69, 9.17) is 5.73 Å². The molecule has 0 bridgehead atoms. The third kappa shape index (κ3) is 3.41. The second-order valence-corrected chi connectivity index (χ2v) is 3.60. The zero-order valence-corrected chi connectivity index (χ0v) is 9.58. The lowest BCUT2D eigenvalue weighted by Gasteiger charge is -1.99. The summed E-state index contributed by atoms with van der Waals surface area (Å²) in [5.74, 6) is 0.151. The molecule has 0 aliphatic carbocycles. The average Bonchev–Trinajstić information content (AvgIpc) is 2.38. The zero-order valence-electron chi connectivity index (χ0n) is 9.58. The monoisotopic (exact) mass is 240 g/mol. The molecule has 0 atom stereocenters. The minimum absolute atomic E-state index is 0.266. The Morgan fingerprint density at radius 1 is 1.28 bits per heavy atom. The highest BCUT2D eigenvalue weighted by Crippen LogP contribution is 2.08. The van der Waals surface area contributed by atoms with Crippen LogP contribution in [0.3, 0.4) is 0 Å². The summed E-state index contributed by atoms with van der Waals surface area (Å²) < 4.78 is 0. The highest BCUT2D eigenvalue weighted by atomic mass is 16.1. The zero-order chi connectivity index (χ0) is 12.8. The van der Waals surface area contributed by atoms with Gasteiger partial charge in [-0.15, -0.1) is 5.10 Å². The van der Waals surface area contributed by atoms with Crippen LogP contribution in [0.15, 0.2) is 48.7 Å². The molecule has 1 aromatic carbocycles. The number of rotatable bonds is 3. The van der Waals surface area contributed by atoms with Gasteiger partial charge >= 0.3 is 0 Å². The third-order valence-corrected chi connectivity index (χ3v) is 2.16. The molecule has 5 nitrogen and oxygen atoms in total. The van der Waals surface area contributed by atoms with Crippen molar-refractivity contribution in [3.05, 3.63) is 54.2 Å². The van der Waals surface area contributed by atoms with Crippen LogP contribution in [0.2, 0.25) is 0 Å². The second-order valence-electron chi connectivity index (χ2n) is 3.60. The van der Waals surface area contributed by atoms with E-state index in [2.05, 4.69) is 15.5 Å². The van der Waals surface area contributed by atoms with Crippen molar-refractivity contribution in [2.75, 3.05) is 11.1 Å². The van der Waals surface area contributed by atoms with Gasteiger partial charge in [0.1, 0.15) is 0 Å². The number of carbonyl (C=O) groups excluding carboxylic acids is 1. The van der Waals surface area contributed by atoms with Gasteiger partial charge in [-0.3, -0.25) is 4.79 Å². The Hall–Kier alpha value is -2.69. The molecule has 1 aromatic heterocycles. The second kappa shape index (κ2) is 5.58. The topological polar surface area (TPSA) is 80.9 Å². The summed E-state index contributed by atoms with van der Waals surface area (Å²) in [5, 5.41) is 10.0. The van der Waals surface area contributed by atoms with E-state index < -0.39 is 0 Å². The van der Waals surface area contributed by atoms with Crippen LogP contribution in [0.25, 0.3) is 6.08 Å². The molecule has 3 N–H and O–H groups in total. The summed E-state index contributed by atoms with van der Waals surface area (Å²) in [5.41, 5.74) is 7.16. The van der Waals surface area contributed by atoms with Crippen LogP contribution in [0, 0.1) is 0 Å². The molecule has 0 saturated carbocycles. The Morgan fingerprint density at radius 2 is 2.17 bits per heavy atom. The van der Waals surface area contributed by atoms with Crippen LogP contribution < -0.4 is 11.1 Å². The Balaban J connectivity index is 1.99. The number of amides is 1. The molecule has 1 heterocycles. The molecule has 0 fully saturated rings. The van der Waals surface area contributed by atoms with Gasteiger partial charge in [0.2, 0.25) is 5.91 Å². The molecule has 2 rings (SSSR count). The maximum Gasteiger partial charge on any atom is 0.249 e. The highest BCUT2D eigenvalue weighted by Gasteiger charge is 1.98. The molecule has 90 valence electrons. The predicted octanol–water partition coefficient (Wildman–Crippen LogP) is 1.71. The van der Waals surface area contributed by atoms with Gasteiger partial charge in [-0.1, -0.05) is 12.1 Å². The molecule has 0 aliphatic heterocycles. The minimum Gasteiger partial charge on any atom is -0.399 e. The fourth-order valence-corrected chi connectivity index (χ4v) is 1.37.